The monoisotopic (exact) mass is 253 g/mol. The van der Waals surface area contributed by atoms with E-state index in [1.165, 1.54) is 0 Å². The summed E-state index contributed by atoms with van der Waals surface area (Å²) >= 11 is 0. The van der Waals surface area contributed by atoms with E-state index in [4.69, 9.17) is 9.63 Å². The van der Waals surface area contributed by atoms with E-state index in [-0.39, 0.29) is 5.92 Å². The van der Waals surface area contributed by atoms with E-state index in [9.17, 15) is 4.79 Å². The molecule has 1 aliphatic heterocycles. The Morgan fingerprint density at radius 1 is 1.61 bits per heavy atom. The Balaban J connectivity index is 1.89. The minimum absolute atomic E-state index is 0.263. The molecule has 0 saturated carbocycles. The van der Waals surface area contributed by atoms with Crippen LogP contribution in [-0.4, -0.2) is 39.2 Å². The van der Waals surface area contributed by atoms with Crippen LogP contribution < -0.4 is 0 Å². The van der Waals surface area contributed by atoms with Crippen molar-refractivity contribution < 1.29 is 14.4 Å². The summed E-state index contributed by atoms with van der Waals surface area (Å²) in [6.45, 7) is 4.12. The van der Waals surface area contributed by atoms with Gasteiger partial charge in [0, 0.05) is 13.0 Å². The fraction of sp³-hybridized carbons (Fsp3) is 0.750. The summed E-state index contributed by atoms with van der Waals surface area (Å²) in [5.41, 5.74) is 0. The summed E-state index contributed by atoms with van der Waals surface area (Å²) in [6, 6.07) is 0. The van der Waals surface area contributed by atoms with Gasteiger partial charge in [0.05, 0.1) is 12.5 Å². The predicted molar refractivity (Wildman–Crippen MR) is 63.9 cm³/mol. The first kappa shape index (κ1) is 13.0. The molecule has 1 fully saturated rings. The molecule has 1 atom stereocenters. The van der Waals surface area contributed by atoms with E-state index in [1.54, 1.807) is 0 Å². The average molecular weight is 253 g/mol. The maximum Gasteiger partial charge on any atom is 0.307 e. The predicted octanol–water partition coefficient (Wildman–Crippen LogP) is 1.32. The number of aromatic nitrogens is 2. The molecule has 2 rings (SSSR count). The standard InChI is InChI=1S/C12H19N3O3/c1-2-4-11-13-10(14-18-11)8-15-6-3-5-9(7-15)12(16)17/h9H,2-8H2,1H3,(H,16,17). The van der Waals surface area contributed by atoms with Gasteiger partial charge >= 0.3 is 5.97 Å². The first-order valence-electron chi connectivity index (χ1n) is 6.45. The molecule has 1 aliphatic rings. The summed E-state index contributed by atoms with van der Waals surface area (Å²) in [5.74, 6) is 0.351. The zero-order valence-electron chi connectivity index (χ0n) is 10.6. The van der Waals surface area contributed by atoms with Gasteiger partial charge in [0.1, 0.15) is 0 Å². The fourth-order valence-corrected chi connectivity index (χ4v) is 2.27. The number of rotatable bonds is 5. The SMILES string of the molecule is CCCc1nc(CN2CCCC(C(=O)O)C2)no1. The van der Waals surface area contributed by atoms with Crippen molar-refractivity contribution in [1.29, 1.82) is 0 Å². The molecule has 1 saturated heterocycles. The highest BCUT2D eigenvalue weighted by molar-refractivity contribution is 5.70. The molecule has 18 heavy (non-hydrogen) atoms. The van der Waals surface area contributed by atoms with Gasteiger partial charge in [-0.3, -0.25) is 9.69 Å². The third-order valence-electron chi connectivity index (χ3n) is 3.19. The number of aliphatic carboxylic acids is 1. The summed E-state index contributed by atoms with van der Waals surface area (Å²) in [5, 5.41) is 12.9. The maximum absolute atomic E-state index is 11.0. The topological polar surface area (TPSA) is 79.5 Å². The Hall–Kier alpha value is -1.43. The lowest BCUT2D eigenvalue weighted by atomic mass is 9.98. The summed E-state index contributed by atoms with van der Waals surface area (Å²) in [6.07, 6.45) is 3.45. The molecule has 0 amide bonds. The molecular formula is C12H19N3O3. The molecule has 0 spiro atoms. The Bertz CT molecular complexity index is 405. The molecule has 1 unspecified atom stereocenters. The number of hydrogen-bond acceptors (Lipinski definition) is 5. The van der Waals surface area contributed by atoms with Crippen LogP contribution in [0, 0.1) is 5.92 Å². The number of carboxylic acid groups (broad SMARTS) is 1. The Morgan fingerprint density at radius 3 is 3.17 bits per heavy atom. The second-order valence-electron chi connectivity index (χ2n) is 4.77. The average Bonchev–Trinajstić information content (AvgIpc) is 2.77. The molecule has 2 heterocycles. The number of aryl methyl sites for hydroxylation is 1. The normalized spacial score (nSPS) is 21.1. The van der Waals surface area contributed by atoms with Crippen LogP contribution in [0.15, 0.2) is 4.52 Å². The molecule has 0 radical (unpaired) electrons. The highest BCUT2D eigenvalue weighted by Crippen LogP contribution is 2.18. The Labute approximate surface area is 106 Å². The van der Waals surface area contributed by atoms with Crippen LogP contribution in [0.5, 0.6) is 0 Å². The van der Waals surface area contributed by atoms with Crippen LogP contribution in [0.2, 0.25) is 0 Å². The van der Waals surface area contributed by atoms with Crippen molar-refractivity contribution in [2.45, 2.75) is 39.2 Å². The molecule has 0 aromatic carbocycles. The summed E-state index contributed by atoms with van der Waals surface area (Å²) < 4.78 is 5.12. The second-order valence-corrected chi connectivity index (χ2v) is 4.77. The highest BCUT2D eigenvalue weighted by atomic mass is 16.5. The van der Waals surface area contributed by atoms with Gasteiger partial charge in [0.2, 0.25) is 5.89 Å². The number of hydrogen-bond donors (Lipinski definition) is 1. The molecule has 1 aromatic heterocycles. The van der Waals surface area contributed by atoms with E-state index < -0.39 is 5.97 Å². The largest absolute Gasteiger partial charge is 0.481 e. The van der Waals surface area contributed by atoms with Crippen LogP contribution in [0.4, 0.5) is 0 Å². The van der Waals surface area contributed by atoms with Crippen LogP contribution in [-0.2, 0) is 17.8 Å². The van der Waals surface area contributed by atoms with E-state index in [2.05, 4.69) is 22.0 Å². The molecular weight excluding hydrogens is 234 g/mol. The van der Waals surface area contributed by atoms with Crippen molar-refractivity contribution in [3.8, 4) is 0 Å². The van der Waals surface area contributed by atoms with Crippen LogP contribution in [0.3, 0.4) is 0 Å². The van der Waals surface area contributed by atoms with Crippen LogP contribution in [0.25, 0.3) is 0 Å². The third kappa shape index (κ3) is 3.29. The first-order valence-corrected chi connectivity index (χ1v) is 6.45. The smallest absolute Gasteiger partial charge is 0.307 e. The van der Waals surface area contributed by atoms with Gasteiger partial charge in [-0.1, -0.05) is 12.1 Å². The summed E-state index contributed by atoms with van der Waals surface area (Å²) in [7, 11) is 0. The molecule has 1 aromatic rings. The number of carbonyl (C=O) groups is 1. The molecule has 0 bridgehead atoms. The summed E-state index contributed by atoms with van der Waals surface area (Å²) in [4.78, 5) is 17.3. The van der Waals surface area contributed by atoms with Gasteiger partial charge < -0.3 is 9.63 Å². The van der Waals surface area contributed by atoms with Gasteiger partial charge in [-0.2, -0.15) is 4.98 Å². The minimum Gasteiger partial charge on any atom is -0.481 e. The molecule has 6 nitrogen and oxygen atoms in total. The number of piperidine rings is 1. The van der Waals surface area contributed by atoms with Gasteiger partial charge in [-0.15, -0.1) is 0 Å². The van der Waals surface area contributed by atoms with Gasteiger partial charge in [-0.05, 0) is 25.8 Å². The lowest BCUT2D eigenvalue weighted by Crippen LogP contribution is -2.38. The van der Waals surface area contributed by atoms with E-state index in [1.807, 2.05) is 0 Å². The molecule has 100 valence electrons. The van der Waals surface area contributed by atoms with Crippen LogP contribution >= 0.6 is 0 Å². The third-order valence-corrected chi connectivity index (χ3v) is 3.19. The zero-order valence-corrected chi connectivity index (χ0v) is 10.6. The van der Waals surface area contributed by atoms with E-state index >= 15 is 0 Å². The van der Waals surface area contributed by atoms with Crippen LogP contribution in [0.1, 0.15) is 37.9 Å². The number of nitrogens with zero attached hydrogens (tertiary/aromatic N) is 3. The minimum atomic E-state index is -0.709. The lowest BCUT2D eigenvalue weighted by Gasteiger charge is -2.29. The van der Waals surface area contributed by atoms with Gasteiger partial charge in [-0.25, -0.2) is 0 Å². The van der Waals surface area contributed by atoms with E-state index in [0.717, 1.165) is 32.2 Å². The van der Waals surface area contributed by atoms with Crippen molar-refractivity contribution in [2.24, 2.45) is 5.92 Å². The van der Waals surface area contributed by atoms with Gasteiger partial charge in [0.25, 0.3) is 0 Å². The van der Waals surface area contributed by atoms with Crippen molar-refractivity contribution >= 4 is 5.97 Å². The quantitative estimate of drug-likeness (QED) is 0.852. The molecule has 0 aliphatic carbocycles. The van der Waals surface area contributed by atoms with Crippen molar-refractivity contribution in [2.75, 3.05) is 13.1 Å². The highest BCUT2D eigenvalue weighted by Gasteiger charge is 2.26. The van der Waals surface area contributed by atoms with Crippen molar-refractivity contribution in [1.82, 2.24) is 15.0 Å². The maximum atomic E-state index is 11.0. The number of carboxylic acids is 1. The van der Waals surface area contributed by atoms with E-state index in [0.29, 0.717) is 24.8 Å². The number of likely N-dealkylation sites (tertiary alicyclic amines) is 1. The zero-order chi connectivity index (χ0) is 13.0. The first-order chi connectivity index (χ1) is 8.69. The fourth-order valence-electron chi connectivity index (χ4n) is 2.27. The lowest BCUT2D eigenvalue weighted by molar-refractivity contribution is -0.143. The van der Waals surface area contributed by atoms with Gasteiger partial charge in [0.15, 0.2) is 5.82 Å². The second kappa shape index (κ2) is 5.95. The molecule has 1 N–H and O–H groups in total. The Morgan fingerprint density at radius 2 is 2.44 bits per heavy atom. The van der Waals surface area contributed by atoms with Crippen molar-refractivity contribution in [3.05, 3.63) is 11.7 Å². The molecule has 6 heteroatoms. The Kier molecular flexibility index (Phi) is 4.30. The van der Waals surface area contributed by atoms with Crippen molar-refractivity contribution in [3.63, 3.8) is 0 Å².